The first-order valence-electron chi connectivity index (χ1n) is 8.93. The molecular formula is C17H33N3O. The summed E-state index contributed by atoms with van der Waals surface area (Å²) in [6.07, 6.45) is 10.6. The SMILES string of the molecule is CCC1CCC(CN)(N(CC)C(=O)NC2CCCC2)CC1. The van der Waals surface area contributed by atoms with Crippen LogP contribution >= 0.6 is 0 Å². The van der Waals surface area contributed by atoms with E-state index >= 15 is 0 Å². The molecule has 2 aliphatic rings. The van der Waals surface area contributed by atoms with Gasteiger partial charge in [0.05, 0.1) is 5.54 Å². The van der Waals surface area contributed by atoms with Gasteiger partial charge >= 0.3 is 6.03 Å². The van der Waals surface area contributed by atoms with Crippen molar-refractivity contribution in [1.29, 1.82) is 0 Å². The van der Waals surface area contributed by atoms with Gasteiger partial charge in [0.1, 0.15) is 0 Å². The van der Waals surface area contributed by atoms with Crippen LogP contribution in [-0.4, -0.2) is 35.6 Å². The van der Waals surface area contributed by atoms with Crippen LogP contribution in [0.1, 0.15) is 71.6 Å². The van der Waals surface area contributed by atoms with Gasteiger partial charge in [-0.2, -0.15) is 0 Å². The van der Waals surface area contributed by atoms with Crippen molar-refractivity contribution >= 4 is 6.03 Å². The highest BCUT2D eigenvalue weighted by Gasteiger charge is 2.41. The number of hydrogen-bond donors (Lipinski definition) is 2. The highest BCUT2D eigenvalue weighted by atomic mass is 16.2. The van der Waals surface area contributed by atoms with Gasteiger partial charge in [-0.1, -0.05) is 26.2 Å². The van der Waals surface area contributed by atoms with Crippen molar-refractivity contribution in [3.63, 3.8) is 0 Å². The van der Waals surface area contributed by atoms with Gasteiger partial charge in [0.25, 0.3) is 0 Å². The number of hydrogen-bond acceptors (Lipinski definition) is 2. The van der Waals surface area contributed by atoms with Crippen LogP contribution in [0.15, 0.2) is 0 Å². The molecular weight excluding hydrogens is 262 g/mol. The average molecular weight is 295 g/mol. The summed E-state index contributed by atoms with van der Waals surface area (Å²) in [6, 6.07) is 0.498. The quantitative estimate of drug-likeness (QED) is 0.818. The molecule has 0 aromatic carbocycles. The second-order valence-electron chi connectivity index (χ2n) is 6.96. The Labute approximate surface area is 129 Å². The Kier molecular flexibility index (Phi) is 5.91. The minimum Gasteiger partial charge on any atom is -0.335 e. The van der Waals surface area contributed by atoms with E-state index < -0.39 is 0 Å². The molecule has 4 nitrogen and oxygen atoms in total. The summed E-state index contributed by atoms with van der Waals surface area (Å²) < 4.78 is 0. The van der Waals surface area contributed by atoms with Crippen molar-refractivity contribution < 1.29 is 4.79 Å². The molecule has 0 aromatic heterocycles. The zero-order chi connectivity index (χ0) is 15.3. The molecule has 0 spiro atoms. The van der Waals surface area contributed by atoms with Gasteiger partial charge in [0, 0.05) is 19.1 Å². The lowest BCUT2D eigenvalue weighted by Gasteiger charge is -2.47. The molecule has 0 aliphatic heterocycles. The van der Waals surface area contributed by atoms with Crippen LogP contribution in [0.2, 0.25) is 0 Å². The zero-order valence-corrected chi connectivity index (χ0v) is 13.9. The summed E-state index contributed by atoms with van der Waals surface area (Å²) in [5.41, 5.74) is 6.02. The van der Waals surface area contributed by atoms with E-state index in [2.05, 4.69) is 19.2 Å². The number of likely N-dealkylation sites (N-methyl/N-ethyl adjacent to an activating group) is 1. The molecule has 2 fully saturated rings. The zero-order valence-electron chi connectivity index (χ0n) is 13.9. The van der Waals surface area contributed by atoms with Crippen LogP contribution in [0.4, 0.5) is 4.79 Å². The lowest BCUT2D eigenvalue weighted by atomic mass is 9.74. The number of carbonyl (C=O) groups is 1. The van der Waals surface area contributed by atoms with E-state index in [0.717, 1.165) is 38.1 Å². The minimum absolute atomic E-state index is 0.108. The lowest BCUT2D eigenvalue weighted by molar-refractivity contribution is 0.0702. The van der Waals surface area contributed by atoms with E-state index in [1.54, 1.807) is 0 Å². The fraction of sp³-hybridized carbons (Fsp3) is 0.941. The Bertz CT molecular complexity index is 331. The first-order valence-corrected chi connectivity index (χ1v) is 8.93. The Morgan fingerprint density at radius 3 is 2.29 bits per heavy atom. The number of nitrogens with one attached hydrogen (secondary N) is 1. The van der Waals surface area contributed by atoms with E-state index in [1.165, 1.54) is 32.1 Å². The molecule has 0 aromatic rings. The van der Waals surface area contributed by atoms with Gasteiger partial charge in [-0.05, 0) is 51.4 Å². The Hall–Kier alpha value is -0.770. The average Bonchev–Trinajstić information content (AvgIpc) is 3.01. The van der Waals surface area contributed by atoms with E-state index in [0.29, 0.717) is 12.6 Å². The highest BCUT2D eigenvalue weighted by molar-refractivity contribution is 5.75. The number of nitrogens with zero attached hydrogens (tertiary/aromatic N) is 1. The minimum atomic E-state index is -0.108. The Balaban J connectivity index is 2.00. The molecule has 0 radical (unpaired) electrons. The second kappa shape index (κ2) is 7.48. The lowest BCUT2D eigenvalue weighted by Crippen LogP contribution is -2.61. The number of rotatable bonds is 5. The third kappa shape index (κ3) is 3.71. The summed E-state index contributed by atoms with van der Waals surface area (Å²) in [7, 11) is 0. The third-order valence-corrected chi connectivity index (χ3v) is 5.81. The maximum absolute atomic E-state index is 12.7. The van der Waals surface area contributed by atoms with Crippen molar-refractivity contribution in [3.8, 4) is 0 Å². The van der Waals surface area contributed by atoms with Gasteiger partial charge in [-0.25, -0.2) is 4.79 Å². The van der Waals surface area contributed by atoms with Crippen LogP contribution in [0.25, 0.3) is 0 Å². The van der Waals surface area contributed by atoms with Crippen LogP contribution in [-0.2, 0) is 0 Å². The smallest absolute Gasteiger partial charge is 0.318 e. The molecule has 4 heteroatoms. The maximum Gasteiger partial charge on any atom is 0.318 e. The predicted molar refractivity (Wildman–Crippen MR) is 87.2 cm³/mol. The van der Waals surface area contributed by atoms with Gasteiger partial charge in [-0.15, -0.1) is 0 Å². The molecule has 3 N–H and O–H groups in total. The van der Waals surface area contributed by atoms with Crippen molar-refractivity contribution in [1.82, 2.24) is 10.2 Å². The molecule has 0 bridgehead atoms. The number of carbonyl (C=O) groups excluding carboxylic acids is 1. The molecule has 2 saturated carbocycles. The number of amides is 2. The summed E-state index contributed by atoms with van der Waals surface area (Å²) in [5.74, 6) is 0.821. The van der Waals surface area contributed by atoms with E-state index in [1.807, 2.05) is 4.90 Å². The first-order chi connectivity index (χ1) is 10.1. The molecule has 0 unspecified atom stereocenters. The van der Waals surface area contributed by atoms with Crippen molar-refractivity contribution in [2.45, 2.75) is 83.2 Å². The number of urea groups is 1. The van der Waals surface area contributed by atoms with Gasteiger partial charge in [-0.3, -0.25) is 0 Å². The highest BCUT2D eigenvalue weighted by Crippen LogP contribution is 2.37. The van der Waals surface area contributed by atoms with Crippen molar-refractivity contribution in [2.24, 2.45) is 11.7 Å². The summed E-state index contributed by atoms with van der Waals surface area (Å²) >= 11 is 0. The Morgan fingerprint density at radius 2 is 1.81 bits per heavy atom. The van der Waals surface area contributed by atoms with Crippen LogP contribution in [0.3, 0.4) is 0 Å². The molecule has 2 rings (SSSR count). The molecule has 21 heavy (non-hydrogen) atoms. The van der Waals surface area contributed by atoms with E-state index in [9.17, 15) is 4.79 Å². The molecule has 0 saturated heterocycles. The second-order valence-corrected chi connectivity index (χ2v) is 6.96. The molecule has 0 heterocycles. The van der Waals surface area contributed by atoms with Gasteiger partial charge < -0.3 is 16.0 Å². The number of nitrogens with two attached hydrogens (primary N) is 1. The topological polar surface area (TPSA) is 58.4 Å². The molecule has 0 atom stereocenters. The normalized spacial score (nSPS) is 30.3. The summed E-state index contributed by atoms with van der Waals surface area (Å²) in [4.78, 5) is 14.7. The molecule has 122 valence electrons. The van der Waals surface area contributed by atoms with Crippen LogP contribution < -0.4 is 11.1 Å². The maximum atomic E-state index is 12.7. The van der Waals surface area contributed by atoms with E-state index in [4.69, 9.17) is 5.73 Å². The standard InChI is InChI=1S/C17H33N3O/c1-3-14-9-11-17(13-18,12-10-14)20(4-2)16(21)19-15-7-5-6-8-15/h14-15H,3-13,18H2,1-2H3,(H,19,21). The van der Waals surface area contributed by atoms with Gasteiger partial charge in [0.2, 0.25) is 0 Å². The molecule has 2 aliphatic carbocycles. The third-order valence-electron chi connectivity index (χ3n) is 5.81. The van der Waals surface area contributed by atoms with Gasteiger partial charge in [0.15, 0.2) is 0 Å². The van der Waals surface area contributed by atoms with Crippen molar-refractivity contribution in [2.75, 3.05) is 13.1 Å². The summed E-state index contributed by atoms with van der Waals surface area (Å²) in [5, 5.41) is 3.24. The van der Waals surface area contributed by atoms with Crippen molar-refractivity contribution in [3.05, 3.63) is 0 Å². The summed E-state index contributed by atoms with van der Waals surface area (Å²) in [6.45, 7) is 5.70. The largest absolute Gasteiger partial charge is 0.335 e. The van der Waals surface area contributed by atoms with Crippen LogP contribution in [0, 0.1) is 5.92 Å². The fourth-order valence-electron chi connectivity index (χ4n) is 4.22. The Morgan fingerprint density at radius 1 is 1.19 bits per heavy atom. The van der Waals surface area contributed by atoms with E-state index in [-0.39, 0.29) is 11.6 Å². The first kappa shape index (κ1) is 16.6. The molecule has 2 amide bonds. The van der Waals surface area contributed by atoms with Crippen LogP contribution in [0.5, 0.6) is 0 Å². The fourth-order valence-corrected chi connectivity index (χ4v) is 4.22. The monoisotopic (exact) mass is 295 g/mol. The predicted octanol–water partition coefficient (Wildman–Crippen LogP) is 3.26.